The molecule has 0 aromatic heterocycles. The third kappa shape index (κ3) is 2.76. The van der Waals surface area contributed by atoms with Gasteiger partial charge in [-0.05, 0) is 31.6 Å². The summed E-state index contributed by atoms with van der Waals surface area (Å²) < 4.78 is 5.53. The van der Waals surface area contributed by atoms with Crippen LogP contribution in [0.1, 0.15) is 40.0 Å². The fraction of sp³-hybridized carbons (Fsp3) is 1.00. The molecule has 0 unspecified atom stereocenters. The molecule has 0 radical (unpaired) electrons. The molecule has 1 aliphatic carbocycles. The van der Waals surface area contributed by atoms with Gasteiger partial charge in [-0.2, -0.15) is 0 Å². The molecule has 2 heteroatoms. The zero-order valence-electron chi connectivity index (χ0n) is 8.34. The van der Waals surface area contributed by atoms with Gasteiger partial charge in [-0.1, -0.05) is 13.8 Å². The summed E-state index contributed by atoms with van der Waals surface area (Å²) in [6.45, 7) is 7.16. The monoisotopic (exact) mass is 172 g/mol. The standard InChI is InChI=1S/C10H20O2/c1-4-12-9-5-8(11)6-10(2,3)7-9/h8-9,11H,4-7H2,1-3H3/t8-,9-/m1/s1. The summed E-state index contributed by atoms with van der Waals surface area (Å²) >= 11 is 0. The molecule has 1 saturated carbocycles. The molecule has 1 N–H and O–H groups in total. The molecular weight excluding hydrogens is 152 g/mol. The quantitative estimate of drug-likeness (QED) is 0.690. The van der Waals surface area contributed by atoms with Gasteiger partial charge in [0.15, 0.2) is 0 Å². The maximum absolute atomic E-state index is 9.56. The fourth-order valence-electron chi connectivity index (χ4n) is 2.17. The van der Waals surface area contributed by atoms with Crippen molar-refractivity contribution in [1.82, 2.24) is 0 Å². The minimum atomic E-state index is -0.162. The SMILES string of the molecule is CCO[C@@H]1C[C@@H](O)CC(C)(C)C1. The Morgan fingerprint density at radius 2 is 2.08 bits per heavy atom. The van der Waals surface area contributed by atoms with Gasteiger partial charge in [-0.25, -0.2) is 0 Å². The molecule has 12 heavy (non-hydrogen) atoms. The van der Waals surface area contributed by atoms with E-state index in [4.69, 9.17) is 4.74 Å². The van der Waals surface area contributed by atoms with Crippen LogP contribution in [-0.4, -0.2) is 23.9 Å². The minimum Gasteiger partial charge on any atom is -0.393 e. The van der Waals surface area contributed by atoms with Gasteiger partial charge in [-0.15, -0.1) is 0 Å². The van der Waals surface area contributed by atoms with Gasteiger partial charge in [0.1, 0.15) is 0 Å². The van der Waals surface area contributed by atoms with Gasteiger partial charge in [0.25, 0.3) is 0 Å². The molecule has 0 aliphatic heterocycles. The van der Waals surface area contributed by atoms with Crippen molar-refractivity contribution < 1.29 is 9.84 Å². The molecule has 0 aromatic carbocycles. The summed E-state index contributed by atoms with van der Waals surface area (Å²) in [5, 5.41) is 9.56. The van der Waals surface area contributed by atoms with Crippen molar-refractivity contribution in [2.75, 3.05) is 6.61 Å². The van der Waals surface area contributed by atoms with Crippen molar-refractivity contribution in [3.05, 3.63) is 0 Å². The maximum Gasteiger partial charge on any atom is 0.0604 e. The highest BCUT2D eigenvalue weighted by atomic mass is 16.5. The Bertz CT molecular complexity index is 143. The van der Waals surface area contributed by atoms with E-state index in [-0.39, 0.29) is 17.6 Å². The first-order valence-electron chi connectivity index (χ1n) is 4.83. The molecule has 0 aromatic rings. The summed E-state index contributed by atoms with van der Waals surface area (Å²) in [7, 11) is 0. The Labute approximate surface area is 74.9 Å². The molecule has 0 heterocycles. The second-order valence-corrected chi connectivity index (χ2v) is 4.54. The van der Waals surface area contributed by atoms with Crippen LogP contribution >= 0.6 is 0 Å². The van der Waals surface area contributed by atoms with Crippen LogP contribution in [0.3, 0.4) is 0 Å². The highest BCUT2D eigenvalue weighted by molar-refractivity contribution is 4.84. The fourth-order valence-corrected chi connectivity index (χ4v) is 2.17. The lowest BCUT2D eigenvalue weighted by Gasteiger charge is -2.37. The predicted molar refractivity (Wildman–Crippen MR) is 49.1 cm³/mol. The first kappa shape index (κ1) is 10.0. The number of ether oxygens (including phenoxy) is 1. The van der Waals surface area contributed by atoms with Crippen LogP contribution in [0.4, 0.5) is 0 Å². The Kier molecular flexibility index (Phi) is 3.13. The first-order valence-corrected chi connectivity index (χ1v) is 4.83. The topological polar surface area (TPSA) is 29.5 Å². The van der Waals surface area contributed by atoms with Gasteiger partial charge in [0.2, 0.25) is 0 Å². The van der Waals surface area contributed by atoms with Gasteiger partial charge >= 0.3 is 0 Å². The van der Waals surface area contributed by atoms with Gasteiger partial charge in [0.05, 0.1) is 12.2 Å². The van der Waals surface area contributed by atoms with Crippen LogP contribution < -0.4 is 0 Å². The number of aliphatic hydroxyl groups is 1. The van der Waals surface area contributed by atoms with Crippen molar-refractivity contribution in [3.63, 3.8) is 0 Å². The zero-order chi connectivity index (χ0) is 9.19. The van der Waals surface area contributed by atoms with Crippen LogP contribution in [0, 0.1) is 5.41 Å². The van der Waals surface area contributed by atoms with E-state index in [2.05, 4.69) is 13.8 Å². The minimum absolute atomic E-state index is 0.162. The summed E-state index contributed by atoms with van der Waals surface area (Å²) in [5.74, 6) is 0. The van der Waals surface area contributed by atoms with E-state index in [1.807, 2.05) is 6.92 Å². The summed E-state index contributed by atoms with van der Waals surface area (Å²) in [4.78, 5) is 0. The van der Waals surface area contributed by atoms with E-state index in [0.717, 1.165) is 25.9 Å². The van der Waals surface area contributed by atoms with E-state index >= 15 is 0 Å². The molecular formula is C10H20O2. The smallest absolute Gasteiger partial charge is 0.0604 e. The lowest BCUT2D eigenvalue weighted by Crippen LogP contribution is -2.36. The van der Waals surface area contributed by atoms with Crippen LogP contribution in [0.25, 0.3) is 0 Å². The largest absolute Gasteiger partial charge is 0.393 e. The van der Waals surface area contributed by atoms with Crippen LogP contribution in [0.2, 0.25) is 0 Å². The molecule has 0 bridgehead atoms. The summed E-state index contributed by atoms with van der Waals surface area (Å²) in [5.41, 5.74) is 0.248. The van der Waals surface area contributed by atoms with Crippen molar-refractivity contribution in [1.29, 1.82) is 0 Å². The first-order chi connectivity index (χ1) is 5.53. The highest BCUT2D eigenvalue weighted by Crippen LogP contribution is 2.36. The van der Waals surface area contributed by atoms with Gasteiger partial charge in [0, 0.05) is 6.61 Å². The summed E-state index contributed by atoms with van der Waals surface area (Å²) in [6.07, 6.45) is 2.92. The number of hydrogen-bond acceptors (Lipinski definition) is 2. The number of rotatable bonds is 2. The molecule has 0 spiro atoms. The maximum atomic E-state index is 9.56. The molecule has 0 amide bonds. The average molecular weight is 172 g/mol. The van der Waals surface area contributed by atoms with Gasteiger partial charge in [-0.3, -0.25) is 0 Å². The normalized spacial score (nSPS) is 35.0. The van der Waals surface area contributed by atoms with Crippen molar-refractivity contribution in [3.8, 4) is 0 Å². The number of hydrogen-bond donors (Lipinski definition) is 1. The zero-order valence-corrected chi connectivity index (χ0v) is 8.34. The van der Waals surface area contributed by atoms with E-state index in [1.54, 1.807) is 0 Å². The lowest BCUT2D eigenvalue weighted by atomic mass is 9.75. The van der Waals surface area contributed by atoms with E-state index < -0.39 is 0 Å². The molecule has 0 saturated heterocycles. The lowest BCUT2D eigenvalue weighted by molar-refractivity contribution is -0.0504. The Balaban J connectivity index is 2.46. The molecule has 2 atom stereocenters. The average Bonchev–Trinajstić information content (AvgIpc) is 1.82. The number of aliphatic hydroxyl groups excluding tert-OH is 1. The predicted octanol–water partition coefficient (Wildman–Crippen LogP) is 1.96. The highest BCUT2D eigenvalue weighted by Gasteiger charge is 2.33. The van der Waals surface area contributed by atoms with E-state index in [0.29, 0.717) is 0 Å². The Morgan fingerprint density at radius 1 is 1.42 bits per heavy atom. The molecule has 2 nitrogen and oxygen atoms in total. The third-order valence-corrected chi connectivity index (χ3v) is 2.51. The van der Waals surface area contributed by atoms with E-state index in [9.17, 15) is 5.11 Å². The second kappa shape index (κ2) is 3.75. The molecule has 1 rings (SSSR count). The van der Waals surface area contributed by atoms with Crippen molar-refractivity contribution in [2.24, 2.45) is 5.41 Å². The van der Waals surface area contributed by atoms with Crippen molar-refractivity contribution >= 4 is 0 Å². The Morgan fingerprint density at radius 3 is 2.58 bits per heavy atom. The van der Waals surface area contributed by atoms with E-state index in [1.165, 1.54) is 0 Å². The van der Waals surface area contributed by atoms with Crippen LogP contribution in [0.5, 0.6) is 0 Å². The van der Waals surface area contributed by atoms with Crippen molar-refractivity contribution in [2.45, 2.75) is 52.2 Å². The second-order valence-electron chi connectivity index (χ2n) is 4.54. The van der Waals surface area contributed by atoms with Crippen LogP contribution in [-0.2, 0) is 4.74 Å². The molecule has 1 aliphatic rings. The molecule has 72 valence electrons. The third-order valence-electron chi connectivity index (χ3n) is 2.51. The van der Waals surface area contributed by atoms with Gasteiger partial charge < -0.3 is 9.84 Å². The Hall–Kier alpha value is -0.0800. The van der Waals surface area contributed by atoms with Crippen LogP contribution in [0.15, 0.2) is 0 Å². The summed E-state index contributed by atoms with van der Waals surface area (Å²) in [6, 6.07) is 0. The molecule has 1 fully saturated rings.